The topological polar surface area (TPSA) is 139 Å². The molecule has 0 heterocycles. The summed E-state index contributed by atoms with van der Waals surface area (Å²) in [5.74, 6) is -1.15. The number of halogens is 2. The van der Waals surface area contributed by atoms with Crippen LogP contribution in [0.15, 0.2) is 36.4 Å². The third-order valence-electron chi connectivity index (χ3n) is 5.54. The van der Waals surface area contributed by atoms with Crippen molar-refractivity contribution in [2.24, 2.45) is 0 Å². The third-order valence-corrected chi connectivity index (χ3v) is 7.41. The lowest BCUT2D eigenvalue weighted by Crippen LogP contribution is -2.55. The van der Waals surface area contributed by atoms with E-state index in [1.165, 1.54) is 18.1 Å². The van der Waals surface area contributed by atoms with E-state index in [1.807, 2.05) is 0 Å². The Morgan fingerprint density at radius 3 is 2.26 bits per heavy atom. The van der Waals surface area contributed by atoms with E-state index in [0.717, 1.165) is 22.7 Å². The largest absolute Gasteiger partial charge is 0.495 e. The number of rotatable bonds is 11. The highest BCUT2D eigenvalue weighted by atomic mass is 35.5. The number of sulfonamides is 1. The van der Waals surface area contributed by atoms with E-state index in [9.17, 15) is 28.1 Å². The SMILES string of the molecule is CCC(C(=O)NC(C)(C)C)N(Cc1ccc(Cl)c(Cl)c1)C(=O)CN(c1cc([N+](=O)[O-])ccc1OC)S(C)(=O)=O. The molecular weight excluding hydrogens is 571 g/mol. The second-order valence-corrected chi connectivity index (χ2v) is 12.5. The molecule has 1 unspecified atom stereocenters. The molecule has 0 fully saturated rings. The van der Waals surface area contributed by atoms with E-state index >= 15 is 0 Å². The molecule has 0 aliphatic rings. The van der Waals surface area contributed by atoms with Gasteiger partial charge >= 0.3 is 0 Å². The summed E-state index contributed by atoms with van der Waals surface area (Å²) in [6, 6.07) is 7.19. The molecule has 14 heteroatoms. The number of nitro benzene ring substituents is 1. The zero-order chi connectivity index (χ0) is 29.7. The fraction of sp³-hybridized carbons (Fsp3) is 0.440. The van der Waals surface area contributed by atoms with Crippen LogP contribution in [-0.4, -0.2) is 61.5 Å². The minimum atomic E-state index is -4.14. The second kappa shape index (κ2) is 12.8. The predicted octanol–water partition coefficient (Wildman–Crippen LogP) is 4.40. The first-order valence-corrected chi connectivity index (χ1v) is 14.4. The van der Waals surface area contributed by atoms with E-state index in [2.05, 4.69) is 5.32 Å². The van der Waals surface area contributed by atoms with Gasteiger partial charge in [0.15, 0.2) is 0 Å². The molecule has 0 aliphatic carbocycles. The van der Waals surface area contributed by atoms with Gasteiger partial charge in [0.1, 0.15) is 24.0 Å². The fourth-order valence-electron chi connectivity index (χ4n) is 3.79. The minimum absolute atomic E-state index is 0.00683. The van der Waals surface area contributed by atoms with Crippen molar-refractivity contribution < 1.29 is 27.7 Å². The van der Waals surface area contributed by atoms with E-state index < -0.39 is 50.6 Å². The molecule has 2 rings (SSSR count). The van der Waals surface area contributed by atoms with Crippen LogP contribution in [-0.2, 0) is 26.2 Å². The Balaban J connectivity index is 2.60. The number of nitrogens with zero attached hydrogens (tertiary/aromatic N) is 3. The number of nitro groups is 1. The Morgan fingerprint density at radius 2 is 1.77 bits per heavy atom. The van der Waals surface area contributed by atoms with E-state index in [-0.39, 0.29) is 29.4 Å². The van der Waals surface area contributed by atoms with Crippen molar-refractivity contribution in [3.63, 3.8) is 0 Å². The fourth-order valence-corrected chi connectivity index (χ4v) is 4.95. The number of methoxy groups -OCH3 is 1. The lowest BCUT2D eigenvalue weighted by Gasteiger charge is -2.34. The molecule has 0 saturated heterocycles. The van der Waals surface area contributed by atoms with Gasteiger partial charge in [0.2, 0.25) is 21.8 Å². The van der Waals surface area contributed by atoms with Gasteiger partial charge < -0.3 is 15.0 Å². The van der Waals surface area contributed by atoms with Gasteiger partial charge in [-0.05, 0) is 51.0 Å². The third kappa shape index (κ3) is 8.70. The zero-order valence-corrected chi connectivity index (χ0v) is 24.9. The first kappa shape index (κ1) is 32.1. The summed E-state index contributed by atoms with van der Waals surface area (Å²) < 4.78 is 31.7. The summed E-state index contributed by atoms with van der Waals surface area (Å²) in [4.78, 5) is 39.0. The first-order valence-electron chi connectivity index (χ1n) is 11.8. The minimum Gasteiger partial charge on any atom is -0.495 e. The number of ether oxygens (including phenoxy) is 1. The second-order valence-electron chi connectivity index (χ2n) is 9.82. The van der Waals surface area contributed by atoms with Crippen LogP contribution >= 0.6 is 23.2 Å². The molecule has 0 saturated carbocycles. The van der Waals surface area contributed by atoms with Crippen LogP contribution in [0.3, 0.4) is 0 Å². The van der Waals surface area contributed by atoms with Crippen molar-refractivity contribution in [1.29, 1.82) is 0 Å². The van der Waals surface area contributed by atoms with Crippen LogP contribution in [0.5, 0.6) is 5.75 Å². The van der Waals surface area contributed by atoms with Crippen LogP contribution in [0.1, 0.15) is 39.7 Å². The van der Waals surface area contributed by atoms with Crippen molar-refractivity contribution >= 4 is 56.4 Å². The normalized spacial score (nSPS) is 12.4. The highest BCUT2D eigenvalue weighted by Gasteiger charge is 2.34. The van der Waals surface area contributed by atoms with Gasteiger partial charge in [-0.25, -0.2) is 8.42 Å². The maximum Gasteiger partial charge on any atom is 0.271 e. The average Bonchev–Trinajstić information content (AvgIpc) is 2.82. The van der Waals surface area contributed by atoms with Gasteiger partial charge in [-0.1, -0.05) is 36.2 Å². The molecule has 0 spiro atoms. The summed E-state index contributed by atoms with van der Waals surface area (Å²) in [6.45, 7) is 6.26. The van der Waals surface area contributed by atoms with Gasteiger partial charge in [0, 0.05) is 24.2 Å². The summed E-state index contributed by atoms with van der Waals surface area (Å²) in [5, 5.41) is 14.8. The van der Waals surface area contributed by atoms with Crippen molar-refractivity contribution in [2.45, 2.75) is 52.2 Å². The average molecular weight is 604 g/mol. The molecule has 214 valence electrons. The monoisotopic (exact) mass is 602 g/mol. The molecule has 11 nitrogen and oxygen atoms in total. The quantitative estimate of drug-likeness (QED) is 0.297. The molecule has 0 aliphatic heterocycles. The molecule has 0 bridgehead atoms. The van der Waals surface area contributed by atoms with Gasteiger partial charge in [-0.15, -0.1) is 0 Å². The maximum absolute atomic E-state index is 13.8. The van der Waals surface area contributed by atoms with Crippen LogP contribution in [0.2, 0.25) is 10.0 Å². The summed E-state index contributed by atoms with van der Waals surface area (Å²) in [5.41, 5.74) is -0.629. The van der Waals surface area contributed by atoms with Crippen molar-refractivity contribution in [1.82, 2.24) is 10.2 Å². The number of benzene rings is 2. The Labute approximate surface area is 238 Å². The zero-order valence-electron chi connectivity index (χ0n) is 22.5. The van der Waals surface area contributed by atoms with Crippen LogP contribution in [0.4, 0.5) is 11.4 Å². The summed E-state index contributed by atoms with van der Waals surface area (Å²) >= 11 is 12.2. The van der Waals surface area contributed by atoms with Crippen molar-refractivity contribution in [3.05, 3.63) is 62.1 Å². The van der Waals surface area contributed by atoms with Gasteiger partial charge in [-0.3, -0.25) is 24.0 Å². The number of nitrogens with one attached hydrogen (secondary N) is 1. The molecule has 2 aromatic rings. The van der Waals surface area contributed by atoms with E-state index in [4.69, 9.17) is 27.9 Å². The van der Waals surface area contributed by atoms with E-state index in [0.29, 0.717) is 10.6 Å². The van der Waals surface area contributed by atoms with Crippen LogP contribution in [0.25, 0.3) is 0 Å². The van der Waals surface area contributed by atoms with Crippen molar-refractivity contribution in [3.8, 4) is 5.75 Å². The highest BCUT2D eigenvalue weighted by molar-refractivity contribution is 7.92. The Hall–Kier alpha value is -3.09. The summed E-state index contributed by atoms with van der Waals surface area (Å²) in [7, 11) is -2.87. The molecule has 2 aromatic carbocycles. The molecule has 2 amide bonds. The first-order chi connectivity index (χ1) is 18.0. The number of amides is 2. The van der Waals surface area contributed by atoms with Gasteiger partial charge in [-0.2, -0.15) is 0 Å². The Morgan fingerprint density at radius 1 is 1.13 bits per heavy atom. The molecule has 39 heavy (non-hydrogen) atoms. The molecular formula is C25H32Cl2N4O7S. The van der Waals surface area contributed by atoms with Gasteiger partial charge in [0.05, 0.1) is 28.3 Å². The maximum atomic E-state index is 13.8. The number of anilines is 1. The predicted molar refractivity (Wildman–Crippen MR) is 151 cm³/mol. The Kier molecular flexibility index (Phi) is 10.6. The number of hydrogen-bond donors (Lipinski definition) is 1. The summed E-state index contributed by atoms with van der Waals surface area (Å²) in [6.07, 6.45) is 1.08. The number of non-ortho nitro benzene ring substituents is 1. The Bertz CT molecular complexity index is 1350. The standard InChI is InChI=1S/C25H32Cl2N4O7S/c1-7-20(24(33)28-25(2,3)4)29(14-16-8-10-18(26)19(27)12-16)23(32)15-30(39(6,36)37)21-13-17(31(34)35)9-11-22(21)38-5/h8-13,20H,7,14-15H2,1-6H3,(H,28,33). The number of hydrogen-bond acceptors (Lipinski definition) is 7. The molecule has 1 N–H and O–H groups in total. The molecule has 0 aromatic heterocycles. The van der Waals surface area contributed by atoms with E-state index in [1.54, 1.807) is 45.9 Å². The number of carbonyl (C=O) groups is 2. The van der Waals surface area contributed by atoms with Crippen LogP contribution in [0, 0.1) is 10.1 Å². The molecule has 0 radical (unpaired) electrons. The van der Waals surface area contributed by atoms with Crippen molar-refractivity contribution in [2.75, 3.05) is 24.2 Å². The lowest BCUT2D eigenvalue weighted by atomic mass is 10.1. The van der Waals surface area contributed by atoms with Crippen LogP contribution < -0.4 is 14.4 Å². The lowest BCUT2D eigenvalue weighted by molar-refractivity contribution is -0.384. The smallest absolute Gasteiger partial charge is 0.271 e. The van der Waals surface area contributed by atoms with Gasteiger partial charge in [0.25, 0.3) is 5.69 Å². The molecule has 1 atom stereocenters. The number of carbonyl (C=O) groups excluding carboxylic acids is 2. The highest BCUT2D eigenvalue weighted by Crippen LogP contribution is 2.34.